The van der Waals surface area contributed by atoms with Crippen LogP contribution in [0.1, 0.15) is 26.7 Å². The van der Waals surface area contributed by atoms with Gasteiger partial charge in [0.1, 0.15) is 5.75 Å². The van der Waals surface area contributed by atoms with Crippen molar-refractivity contribution in [2.75, 3.05) is 18.1 Å². The number of amides is 2. The maximum Gasteiger partial charge on any atom is 0.258 e. The molecule has 0 spiro atoms. The van der Waals surface area contributed by atoms with Gasteiger partial charge in [-0.05, 0) is 44.5 Å². The monoisotopic (exact) mass is 276 g/mol. The molecule has 1 N–H and O–H groups in total. The summed E-state index contributed by atoms with van der Waals surface area (Å²) < 4.78 is 5.40. The number of ether oxygens (including phenoxy) is 1. The van der Waals surface area contributed by atoms with Crippen molar-refractivity contribution in [1.29, 1.82) is 0 Å². The Morgan fingerprint density at radius 3 is 2.60 bits per heavy atom. The molecule has 20 heavy (non-hydrogen) atoms. The van der Waals surface area contributed by atoms with Crippen LogP contribution in [0.15, 0.2) is 24.3 Å². The largest absolute Gasteiger partial charge is 0.484 e. The van der Waals surface area contributed by atoms with E-state index < -0.39 is 0 Å². The van der Waals surface area contributed by atoms with Crippen molar-refractivity contribution in [1.82, 2.24) is 5.32 Å². The molecular formula is C15H20N2O3. The van der Waals surface area contributed by atoms with Crippen molar-refractivity contribution >= 4 is 17.5 Å². The summed E-state index contributed by atoms with van der Waals surface area (Å²) >= 11 is 0. The van der Waals surface area contributed by atoms with E-state index in [-0.39, 0.29) is 24.5 Å². The lowest BCUT2D eigenvalue weighted by molar-refractivity contribution is -0.123. The molecule has 1 saturated heterocycles. The lowest BCUT2D eigenvalue weighted by Gasteiger charge is -2.16. The van der Waals surface area contributed by atoms with E-state index in [1.54, 1.807) is 17.0 Å². The molecule has 0 bridgehead atoms. The van der Waals surface area contributed by atoms with Crippen molar-refractivity contribution in [2.45, 2.75) is 32.7 Å². The standard InChI is InChI=1S/C15H20N2O3/c1-11(2)16-14(18)10-20-13-7-5-12(6-8-13)17-9-3-4-15(17)19/h5-8,11H,3-4,9-10H2,1-2H3,(H,16,18). The number of hydrogen-bond donors (Lipinski definition) is 1. The average Bonchev–Trinajstić information content (AvgIpc) is 2.82. The van der Waals surface area contributed by atoms with Crippen molar-refractivity contribution < 1.29 is 14.3 Å². The Labute approximate surface area is 118 Å². The topological polar surface area (TPSA) is 58.6 Å². The molecule has 0 aromatic heterocycles. The third kappa shape index (κ3) is 3.73. The molecule has 0 aliphatic carbocycles. The number of rotatable bonds is 5. The van der Waals surface area contributed by atoms with Crippen molar-refractivity contribution in [3.63, 3.8) is 0 Å². The van der Waals surface area contributed by atoms with Crippen LogP contribution < -0.4 is 15.0 Å². The SMILES string of the molecule is CC(C)NC(=O)COc1ccc(N2CCCC2=O)cc1. The molecule has 1 heterocycles. The van der Waals surface area contributed by atoms with Gasteiger partial charge in [0.15, 0.2) is 6.61 Å². The number of nitrogens with one attached hydrogen (secondary N) is 1. The summed E-state index contributed by atoms with van der Waals surface area (Å²) in [4.78, 5) is 24.8. The maximum atomic E-state index is 11.6. The number of benzene rings is 1. The van der Waals surface area contributed by atoms with E-state index >= 15 is 0 Å². The number of carbonyl (C=O) groups is 2. The van der Waals surface area contributed by atoms with Gasteiger partial charge in [-0.15, -0.1) is 0 Å². The van der Waals surface area contributed by atoms with Crippen molar-refractivity contribution in [2.24, 2.45) is 0 Å². The van der Waals surface area contributed by atoms with Crippen LogP contribution in [0, 0.1) is 0 Å². The highest BCUT2D eigenvalue weighted by atomic mass is 16.5. The van der Waals surface area contributed by atoms with Crippen LogP contribution in [0.2, 0.25) is 0 Å². The van der Waals surface area contributed by atoms with E-state index in [9.17, 15) is 9.59 Å². The third-order valence-electron chi connectivity index (χ3n) is 3.04. The summed E-state index contributed by atoms with van der Waals surface area (Å²) in [5.74, 6) is 0.646. The Hall–Kier alpha value is -2.04. The lowest BCUT2D eigenvalue weighted by atomic mass is 10.3. The summed E-state index contributed by atoms with van der Waals surface area (Å²) in [6, 6.07) is 7.36. The number of nitrogens with zero attached hydrogens (tertiary/aromatic N) is 1. The summed E-state index contributed by atoms with van der Waals surface area (Å²) in [6.07, 6.45) is 1.53. The summed E-state index contributed by atoms with van der Waals surface area (Å²) in [7, 11) is 0. The fourth-order valence-electron chi connectivity index (χ4n) is 2.16. The molecule has 0 radical (unpaired) electrons. The number of carbonyl (C=O) groups excluding carboxylic acids is 2. The number of anilines is 1. The molecule has 2 rings (SSSR count). The molecular weight excluding hydrogens is 256 g/mol. The molecule has 1 aliphatic heterocycles. The molecule has 0 atom stereocenters. The second-order valence-corrected chi connectivity index (χ2v) is 5.15. The van der Waals surface area contributed by atoms with Crippen LogP contribution >= 0.6 is 0 Å². The second kappa shape index (κ2) is 6.41. The van der Waals surface area contributed by atoms with Gasteiger partial charge in [-0.3, -0.25) is 9.59 Å². The first-order valence-electron chi connectivity index (χ1n) is 6.89. The van der Waals surface area contributed by atoms with E-state index in [1.807, 2.05) is 26.0 Å². The van der Waals surface area contributed by atoms with Gasteiger partial charge in [-0.1, -0.05) is 0 Å². The highest BCUT2D eigenvalue weighted by Crippen LogP contribution is 2.23. The van der Waals surface area contributed by atoms with E-state index in [0.29, 0.717) is 12.2 Å². The predicted octanol–water partition coefficient (Wildman–Crippen LogP) is 1.72. The highest BCUT2D eigenvalue weighted by Gasteiger charge is 2.21. The molecule has 1 fully saturated rings. The van der Waals surface area contributed by atoms with Gasteiger partial charge in [-0.25, -0.2) is 0 Å². The average molecular weight is 276 g/mol. The number of hydrogen-bond acceptors (Lipinski definition) is 3. The first-order valence-corrected chi connectivity index (χ1v) is 6.89. The minimum Gasteiger partial charge on any atom is -0.484 e. The molecule has 2 amide bonds. The zero-order valence-corrected chi connectivity index (χ0v) is 11.9. The van der Waals surface area contributed by atoms with Gasteiger partial charge in [0.25, 0.3) is 5.91 Å². The van der Waals surface area contributed by atoms with Crippen molar-refractivity contribution in [3.05, 3.63) is 24.3 Å². The van der Waals surface area contributed by atoms with Gasteiger partial charge >= 0.3 is 0 Å². The smallest absolute Gasteiger partial charge is 0.258 e. The first-order chi connectivity index (χ1) is 9.56. The summed E-state index contributed by atoms with van der Waals surface area (Å²) in [5, 5.41) is 2.76. The minimum absolute atomic E-state index is 0.000170. The van der Waals surface area contributed by atoms with Crippen LogP contribution in [0.3, 0.4) is 0 Å². The summed E-state index contributed by atoms with van der Waals surface area (Å²) in [5.41, 5.74) is 0.881. The molecule has 0 saturated carbocycles. The minimum atomic E-state index is -0.140. The highest BCUT2D eigenvalue weighted by molar-refractivity contribution is 5.95. The van der Waals surface area contributed by atoms with Gasteiger partial charge in [-0.2, -0.15) is 0 Å². The zero-order valence-electron chi connectivity index (χ0n) is 11.9. The first kappa shape index (κ1) is 14.4. The van der Waals surface area contributed by atoms with Gasteiger partial charge in [0, 0.05) is 24.7 Å². The fraction of sp³-hybridized carbons (Fsp3) is 0.467. The van der Waals surface area contributed by atoms with E-state index in [4.69, 9.17) is 4.74 Å². The van der Waals surface area contributed by atoms with E-state index in [2.05, 4.69) is 5.32 Å². The Balaban J connectivity index is 1.88. The van der Waals surface area contributed by atoms with Gasteiger partial charge in [0.2, 0.25) is 5.91 Å². The molecule has 5 heteroatoms. The molecule has 5 nitrogen and oxygen atoms in total. The van der Waals surface area contributed by atoms with E-state index in [1.165, 1.54) is 0 Å². The lowest BCUT2D eigenvalue weighted by Crippen LogP contribution is -2.34. The van der Waals surface area contributed by atoms with Crippen LogP contribution in [0.25, 0.3) is 0 Å². The van der Waals surface area contributed by atoms with E-state index in [0.717, 1.165) is 18.7 Å². The molecule has 1 aliphatic rings. The van der Waals surface area contributed by atoms with Gasteiger partial charge < -0.3 is 15.0 Å². The van der Waals surface area contributed by atoms with Gasteiger partial charge in [0.05, 0.1) is 0 Å². The third-order valence-corrected chi connectivity index (χ3v) is 3.04. The zero-order chi connectivity index (χ0) is 14.5. The molecule has 1 aromatic carbocycles. The normalized spacial score (nSPS) is 14.8. The fourth-order valence-corrected chi connectivity index (χ4v) is 2.16. The van der Waals surface area contributed by atoms with Crippen LogP contribution in [-0.2, 0) is 9.59 Å². The Morgan fingerprint density at radius 1 is 1.35 bits per heavy atom. The molecule has 1 aromatic rings. The van der Waals surface area contributed by atoms with Crippen LogP contribution in [0.4, 0.5) is 5.69 Å². The Kier molecular flexibility index (Phi) is 4.61. The Bertz CT molecular complexity index is 482. The Morgan fingerprint density at radius 2 is 2.05 bits per heavy atom. The van der Waals surface area contributed by atoms with Crippen molar-refractivity contribution in [3.8, 4) is 5.75 Å². The summed E-state index contributed by atoms with van der Waals surface area (Å²) in [6.45, 7) is 4.58. The van der Waals surface area contributed by atoms with Crippen LogP contribution in [0.5, 0.6) is 5.75 Å². The predicted molar refractivity (Wildman–Crippen MR) is 76.8 cm³/mol. The van der Waals surface area contributed by atoms with Crippen LogP contribution in [-0.4, -0.2) is 31.0 Å². The quantitative estimate of drug-likeness (QED) is 0.890. The maximum absolute atomic E-state index is 11.6. The second-order valence-electron chi connectivity index (χ2n) is 5.15. The molecule has 0 unspecified atom stereocenters. The molecule has 108 valence electrons.